The molecule has 0 heterocycles. The summed E-state index contributed by atoms with van der Waals surface area (Å²) in [6.07, 6.45) is 1.98. The Labute approximate surface area is 130 Å². The van der Waals surface area contributed by atoms with Gasteiger partial charge in [0.15, 0.2) is 0 Å². The molecule has 1 atom stereocenters. The highest BCUT2D eigenvalue weighted by molar-refractivity contribution is 7.98. The monoisotopic (exact) mass is 310 g/mol. The van der Waals surface area contributed by atoms with Crippen LogP contribution in [0.2, 0.25) is 0 Å². The van der Waals surface area contributed by atoms with E-state index in [1.807, 2.05) is 30.5 Å². The molecule has 1 aromatic carbocycles. The van der Waals surface area contributed by atoms with Crippen molar-refractivity contribution in [3.63, 3.8) is 0 Å². The number of nitrogens with one attached hydrogen (secondary N) is 1. The lowest BCUT2D eigenvalue weighted by atomic mass is 10.2. The molecule has 0 aliphatic heterocycles. The van der Waals surface area contributed by atoms with E-state index in [2.05, 4.69) is 5.32 Å². The zero-order valence-electron chi connectivity index (χ0n) is 12.9. The molecule has 0 aromatic heterocycles. The Balaban J connectivity index is 2.59. The first kappa shape index (κ1) is 17.5. The normalized spacial score (nSPS) is 12.0. The average molecular weight is 310 g/mol. The number of carbonyl (C=O) groups excluding carboxylic acids is 2. The molecule has 1 amide bonds. The van der Waals surface area contributed by atoms with Crippen molar-refractivity contribution in [1.29, 1.82) is 0 Å². The van der Waals surface area contributed by atoms with Crippen molar-refractivity contribution in [3.8, 4) is 0 Å². The first-order valence-electron chi connectivity index (χ1n) is 6.78. The first-order chi connectivity index (χ1) is 9.97. The molecule has 0 saturated heterocycles. The van der Waals surface area contributed by atoms with Gasteiger partial charge in [-0.2, -0.15) is 0 Å². The van der Waals surface area contributed by atoms with Crippen molar-refractivity contribution in [2.75, 3.05) is 31.8 Å². The molecule has 5 nitrogen and oxygen atoms in total. The fourth-order valence-electron chi connectivity index (χ4n) is 1.69. The SMILES string of the molecule is CCOC(=O)CN(C)C(C)C(=O)Nc1cccc(SC)c1. The standard InChI is InChI=1S/C15H22N2O3S/c1-5-20-14(18)10-17(3)11(2)15(19)16-12-7-6-8-13(9-12)21-4/h6-9,11H,5,10H2,1-4H3,(H,16,19). The Kier molecular flexibility index (Phi) is 7.25. The molecule has 0 spiro atoms. The number of ether oxygens (including phenoxy) is 1. The van der Waals surface area contributed by atoms with Crippen LogP contribution in [0.15, 0.2) is 29.2 Å². The topological polar surface area (TPSA) is 58.6 Å². The molecule has 116 valence electrons. The maximum atomic E-state index is 12.2. The van der Waals surface area contributed by atoms with Crippen LogP contribution in [0.3, 0.4) is 0 Å². The van der Waals surface area contributed by atoms with Gasteiger partial charge in [0.05, 0.1) is 19.2 Å². The van der Waals surface area contributed by atoms with Crippen LogP contribution in [-0.2, 0) is 14.3 Å². The van der Waals surface area contributed by atoms with Crippen molar-refractivity contribution in [1.82, 2.24) is 4.90 Å². The van der Waals surface area contributed by atoms with Crippen molar-refractivity contribution in [2.45, 2.75) is 24.8 Å². The number of esters is 1. The van der Waals surface area contributed by atoms with Gasteiger partial charge in [0.25, 0.3) is 0 Å². The summed E-state index contributed by atoms with van der Waals surface area (Å²) in [6, 6.07) is 7.22. The second-order valence-corrected chi connectivity index (χ2v) is 5.50. The number of benzene rings is 1. The molecule has 0 fully saturated rings. The summed E-state index contributed by atoms with van der Waals surface area (Å²) in [4.78, 5) is 26.3. The molecule has 6 heteroatoms. The van der Waals surface area contributed by atoms with Crippen LogP contribution in [0.4, 0.5) is 5.69 Å². The molecule has 1 aromatic rings. The van der Waals surface area contributed by atoms with Crippen LogP contribution in [0.1, 0.15) is 13.8 Å². The smallest absolute Gasteiger partial charge is 0.320 e. The van der Waals surface area contributed by atoms with Crippen molar-refractivity contribution < 1.29 is 14.3 Å². The number of likely N-dealkylation sites (N-methyl/N-ethyl adjacent to an activating group) is 1. The predicted octanol–water partition coefficient (Wildman–Crippen LogP) is 2.23. The van der Waals surface area contributed by atoms with Gasteiger partial charge in [-0.3, -0.25) is 14.5 Å². The zero-order valence-corrected chi connectivity index (χ0v) is 13.7. The summed E-state index contributed by atoms with van der Waals surface area (Å²) in [6.45, 7) is 3.95. The van der Waals surface area contributed by atoms with E-state index in [4.69, 9.17) is 4.74 Å². The Hall–Kier alpha value is -1.53. The van der Waals surface area contributed by atoms with Crippen LogP contribution < -0.4 is 5.32 Å². The summed E-state index contributed by atoms with van der Waals surface area (Å²) < 4.78 is 4.88. The van der Waals surface area contributed by atoms with E-state index >= 15 is 0 Å². The maximum absolute atomic E-state index is 12.2. The quantitative estimate of drug-likeness (QED) is 0.618. The van der Waals surface area contributed by atoms with E-state index in [1.165, 1.54) is 0 Å². The number of thioether (sulfide) groups is 1. The molecule has 0 bridgehead atoms. The number of hydrogen-bond donors (Lipinski definition) is 1. The molecule has 1 unspecified atom stereocenters. The lowest BCUT2D eigenvalue weighted by molar-refractivity contribution is -0.144. The van der Waals surface area contributed by atoms with Gasteiger partial charge in [-0.05, 0) is 45.4 Å². The van der Waals surface area contributed by atoms with Gasteiger partial charge in [0.1, 0.15) is 0 Å². The number of carbonyl (C=O) groups is 2. The van der Waals surface area contributed by atoms with Gasteiger partial charge in [-0.15, -0.1) is 11.8 Å². The van der Waals surface area contributed by atoms with Gasteiger partial charge >= 0.3 is 5.97 Å². The van der Waals surface area contributed by atoms with Crippen LogP contribution >= 0.6 is 11.8 Å². The molecule has 0 saturated carbocycles. The summed E-state index contributed by atoms with van der Waals surface area (Å²) in [5, 5.41) is 2.86. The van der Waals surface area contributed by atoms with Crippen molar-refractivity contribution in [2.24, 2.45) is 0 Å². The van der Waals surface area contributed by atoms with E-state index < -0.39 is 6.04 Å². The molecule has 0 aliphatic rings. The highest BCUT2D eigenvalue weighted by Gasteiger charge is 2.20. The Morgan fingerprint density at radius 1 is 1.43 bits per heavy atom. The predicted molar refractivity (Wildman–Crippen MR) is 85.6 cm³/mol. The molecule has 1 N–H and O–H groups in total. The van der Waals surface area contributed by atoms with Crippen LogP contribution in [-0.4, -0.2) is 49.3 Å². The van der Waals surface area contributed by atoms with Crippen molar-refractivity contribution >= 4 is 29.3 Å². The fourth-order valence-corrected chi connectivity index (χ4v) is 2.15. The highest BCUT2D eigenvalue weighted by atomic mass is 32.2. The van der Waals surface area contributed by atoms with E-state index in [1.54, 1.807) is 37.6 Å². The molecular formula is C15H22N2O3S. The summed E-state index contributed by atoms with van der Waals surface area (Å²) in [5.41, 5.74) is 0.753. The second kappa shape index (κ2) is 8.69. The van der Waals surface area contributed by atoms with E-state index in [-0.39, 0.29) is 18.4 Å². The number of rotatable bonds is 7. The Morgan fingerprint density at radius 3 is 2.76 bits per heavy atom. The summed E-state index contributed by atoms with van der Waals surface area (Å²) >= 11 is 1.62. The third kappa shape index (κ3) is 5.77. The van der Waals surface area contributed by atoms with Gasteiger partial charge in [-0.25, -0.2) is 0 Å². The minimum absolute atomic E-state index is 0.0906. The second-order valence-electron chi connectivity index (χ2n) is 4.62. The van der Waals surface area contributed by atoms with Gasteiger partial charge < -0.3 is 10.1 Å². The van der Waals surface area contributed by atoms with Crippen molar-refractivity contribution in [3.05, 3.63) is 24.3 Å². The van der Waals surface area contributed by atoms with E-state index in [0.29, 0.717) is 6.61 Å². The van der Waals surface area contributed by atoms with Crippen LogP contribution in [0, 0.1) is 0 Å². The van der Waals surface area contributed by atoms with Gasteiger partial charge in [-0.1, -0.05) is 6.07 Å². The highest BCUT2D eigenvalue weighted by Crippen LogP contribution is 2.19. The van der Waals surface area contributed by atoms with Gasteiger partial charge in [0.2, 0.25) is 5.91 Å². The summed E-state index contributed by atoms with van der Waals surface area (Å²) in [7, 11) is 1.72. The Morgan fingerprint density at radius 2 is 2.14 bits per heavy atom. The van der Waals surface area contributed by atoms with E-state index in [9.17, 15) is 9.59 Å². The third-order valence-corrected chi connectivity index (χ3v) is 3.79. The molecule has 0 aliphatic carbocycles. The lowest BCUT2D eigenvalue weighted by Crippen LogP contribution is -2.42. The fraction of sp³-hybridized carbons (Fsp3) is 0.467. The van der Waals surface area contributed by atoms with Crippen LogP contribution in [0.5, 0.6) is 0 Å². The maximum Gasteiger partial charge on any atom is 0.320 e. The molecule has 0 radical (unpaired) electrons. The number of anilines is 1. The number of hydrogen-bond acceptors (Lipinski definition) is 5. The minimum Gasteiger partial charge on any atom is -0.465 e. The third-order valence-electron chi connectivity index (χ3n) is 3.06. The number of amides is 1. The molecule has 21 heavy (non-hydrogen) atoms. The largest absolute Gasteiger partial charge is 0.465 e. The van der Waals surface area contributed by atoms with Crippen LogP contribution in [0.25, 0.3) is 0 Å². The minimum atomic E-state index is -0.424. The first-order valence-corrected chi connectivity index (χ1v) is 8.01. The summed E-state index contributed by atoms with van der Waals surface area (Å²) in [5.74, 6) is -0.482. The lowest BCUT2D eigenvalue weighted by Gasteiger charge is -2.22. The van der Waals surface area contributed by atoms with Gasteiger partial charge in [0, 0.05) is 10.6 Å². The Bertz CT molecular complexity index is 494. The molecule has 1 rings (SSSR count). The number of nitrogens with zero attached hydrogens (tertiary/aromatic N) is 1. The van der Waals surface area contributed by atoms with E-state index in [0.717, 1.165) is 10.6 Å². The molecular weight excluding hydrogens is 288 g/mol. The average Bonchev–Trinajstić information content (AvgIpc) is 2.46. The zero-order chi connectivity index (χ0) is 15.8.